The van der Waals surface area contributed by atoms with Crippen molar-refractivity contribution >= 4 is 56.1 Å². The maximum Gasteiger partial charge on any atom is 0.147 e. The topological polar surface area (TPSA) is 35.4 Å². The zero-order chi connectivity index (χ0) is 12.3. The normalized spacial score (nSPS) is 14.4. The van der Waals surface area contributed by atoms with Gasteiger partial charge in [-0.25, -0.2) is 0 Å². The van der Waals surface area contributed by atoms with Crippen molar-refractivity contribution in [2.75, 3.05) is 0 Å². The van der Waals surface area contributed by atoms with Crippen LogP contribution in [0.1, 0.15) is 19.4 Å². The Balaban J connectivity index is 2.88. The standard InChI is InChI=1S/C11H12BrINOS/c1-11(2,3)16(15)14-7-8-6-9(12)4-5-10(8)13/h4-7H,1H2,2-3H3. The van der Waals surface area contributed by atoms with Crippen LogP contribution in [0.3, 0.4) is 0 Å². The molecule has 1 unspecified atom stereocenters. The van der Waals surface area contributed by atoms with Crippen molar-refractivity contribution in [3.8, 4) is 0 Å². The van der Waals surface area contributed by atoms with E-state index >= 15 is 0 Å². The Bertz CT molecular complexity index is 403. The Morgan fingerprint density at radius 2 is 2.19 bits per heavy atom. The van der Waals surface area contributed by atoms with Crippen LogP contribution in [0.25, 0.3) is 0 Å². The fourth-order valence-electron chi connectivity index (χ4n) is 0.861. The van der Waals surface area contributed by atoms with Gasteiger partial charge in [0.15, 0.2) is 0 Å². The number of rotatable bonds is 3. The molecule has 0 bridgehead atoms. The summed E-state index contributed by atoms with van der Waals surface area (Å²) in [5.74, 6) is 0. The second-order valence-electron chi connectivity index (χ2n) is 3.91. The highest BCUT2D eigenvalue weighted by Gasteiger charge is 2.26. The zero-order valence-corrected chi connectivity index (χ0v) is 13.6. The van der Waals surface area contributed by atoms with Crippen molar-refractivity contribution < 1.29 is 4.55 Å². The molecule has 0 aromatic heterocycles. The van der Waals surface area contributed by atoms with E-state index in [1.807, 2.05) is 18.2 Å². The molecule has 0 saturated heterocycles. The fraction of sp³-hybridized carbons (Fsp3) is 0.273. The van der Waals surface area contributed by atoms with Crippen LogP contribution in [-0.2, 0) is 11.4 Å². The summed E-state index contributed by atoms with van der Waals surface area (Å²) >= 11 is 4.29. The van der Waals surface area contributed by atoms with Gasteiger partial charge in [0.2, 0.25) is 0 Å². The molecule has 1 aromatic rings. The SMILES string of the molecule is [CH2]C(C)(C)[S+]([O-])N=Cc1cc(Br)ccc1I. The Labute approximate surface area is 122 Å². The van der Waals surface area contributed by atoms with Crippen LogP contribution in [0.2, 0.25) is 0 Å². The van der Waals surface area contributed by atoms with Gasteiger partial charge in [-0.3, -0.25) is 0 Å². The molecule has 0 spiro atoms. The van der Waals surface area contributed by atoms with Gasteiger partial charge in [0, 0.05) is 20.5 Å². The minimum atomic E-state index is -1.31. The first-order chi connectivity index (χ1) is 7.30. The molecule has 0 fully saturated rings. The third kappa shape index (κ3) is 4.35. The molecule has 0 N–H and O–H groups in total. The molecule has 0 aliphatic carbocycles. The summed E-state index contributed by atoms with van der Waals surface area (Å²) in [5.41, 5.74) is 0.951. The molecule has 0 aliphatic heterocycles. The average molecular weight is 413 g/mol. The van der Waals surface area contributed by atoms with E-state index in [9.17, 15) is 4.55 Å². The maximum atomic E-state index is 11.7. The van der Waals surface area contributed by atoms with Crippen LogP contribution >= 0.6 is 38.5 Å². The Morgan fingerprint density at radius 1 is 1.56 bits per heavy atom. The lowest BCUT2D eigenvalue weighted by Gasteiger charge is -2.17. The summed E-state index contributed by atoms with van der Waals surface area (Å²) < 4.78 is 17.2. The van der Waals surface area contributed by atoms with E-state index in [0.29, 0.717) is 0 Å². The molecular formula is C11H12BrINOS. The van der Waals surface area contributed by atoms with Crippen LogP contribution in [0.4, 0.5) is 0 Å². The third-order valence-electron chi connectivity index (χ3n) is 1.72. The van der Waals surface area contributed by atoms with Gasteiger partial charge < -0.3 is 4.55 Å². The lowest BCUT2D eigenvalue weighted by molar-refractivity contribution is 0.573. The average Bonchev–Trinajstić information content (AvgIpc) is 2.17. The number of hydrogen-bond acceptors (Lipinski definition) is 2. The summed E-state index contributed by atoms with van der Waals surface area (Å²) in [6.07, 6.45) is 1.63. The van der Waals surface area contributed by atoms with E-state index < -0.39 is 16.1 Å². The molecule has 87 valence electrons. The van der Waals surface area contributed by atoms with Gasteiger partial charge in [0.1, 0.15) is 16.1 Å². The highest BCUT2D eigenvalue weighted by molar-refractivity contribution is 14.1. The lowest BCUT2D eigenvalue weighted by atomic mass is 10.2. The van der Waals surface area contributed by atoms with Crippen molar-refractivity contribution in [2.24, 2.45) is 4.40 Å². The Kier molecular flexibility index (Phi) is 5.28. The first-order valence-corrected chi connectivity index (χ1v) is 7.55. The summed E-state index contributed by atoms with van der Waals surface area (Å²) in [4.78, 5) is 0. The first kappa shape index (κ1) is 14.5. The molecule has 1 aromatic carbocycles. The fourth-order valence-corrected chi connectivity index (χ4v) is 2.21. The van der Waals surface area contributed by atoms with Crippen molar-refractivity contribution in [3.05, 3.63) is 38.7 Å². The van der Waals surface area contributed by atoms with E-state index in [4.69, 9.17) is 0 Å². The van der Waals surface area contributed by atoms with Crippen LogP contribution in [-0.4, -0.2) is 15.5 Å². The quantitative estimate of drug-likeness (QED) is 0.423. The molecule has 16 heavy (non-hydrogen) atoms. The predicted molar refractivity (Wildman–Crippen MR) is 82.0 cm³/mol. The van der Waals surface area contributed by atoms with Crippen molar-refractivity contribution in [2.45, 2.75) is 18.6 Å². The van der Waals surface area contributed by atoms with Gasteiger partial charge in [-0.1, -0.05) is 20.3 Å². The second-order valence-corrected chi connectivity index (χ2v) is 7.80. The van der Waals surface area contributed by atoms with Crippen LogP contribution in [0.15, 0.2) is 27.1 Å². The monoisotopic (exact) mass is 412 g/mol. The van der Waals surface area contributed by atoms with Crippen molar-refractivity contribution in [1.29, 1.82) is 0 Å². The highest BCUT2D eigenvalue weighted by atomic mass is 127. The molecule has 2 nitrogen and oxygen atoms in total. The first-order valence-electron chi connectivity index (χ1n) is 4.57. The Morgan fingerprint density at radius 3 is 2.75 bits per heavy atom. The smallest absolute Gasteiger partial charge is 0.147 e. The number of halogens is 2. The molecule has 0 heterocycles. The van der Waals surface area contributed by atoms with Crippen molar-refractivity contribution in [3.63, 3.8) is 0 Å². The molecule has 1 rings (SSSR count). The zero-order valence-electron chi connectivity index (χ0n) is 9.04. The summed E-state index contributed by atoms with van der Waals surface area (Å²) in [6, 6.07) is 5.88. The minimum absolute atomic E-state index is 0.562. The van der Waals surface area contributed by atoms with Crippen LogP contribution in [0, 0.1) is 10.5 Å². The molecule has 0 saturated carbocycles. The van der Waals surface area contributed by atoms with E-state index in [1.54, 1.807) is 20.1 Å². The van der Waals surface area contributed by atoms with E-state index in [0.717, 1.165) is 13.6 Å². The Hall–Kier alpha value is 0.410. The molecule has 1 atom stereocenters. The van der Waals surface area contributed by atoms with Crippen molar-refractivity contribution in [1.82, 2.24) is 0 Å². The van der Waals surface area contributed by atoms with Crippen LogP contribution < -0.4 is 0 Å². The number of nitrogens with zero attached hydrogens (tertiary/aromatic N) is 1. The second kappa shape index (κ2) is 5.84. The number of hydrogen-bond donors (Lipinski definition) is 0. The molecule has 5 heteroatoms. The highest BCUT2D eigenvalue weighted by Crippen LogP contribution is 2.19. The summed E-state index contributed by atoms with van der Waals surface area (Å²) in [5, 5.41) is 0. The van der Waals surface area contributed by atoms with E-state index in [-0.39, 0.29) is 0 Å². The number of benzene rings is 1. The van der Waals surface area contributed by atoms with E-state index in [1.165, 1.54) is 0 Å². The summed E-state index contributed by atoms with van der Waals surface area (Å²) in [6.45, 7) is 7.39. The largest absolute Gasteiger partial charge is 0.591 e. The molecule has 1 radical (unpaired) electrons. The van der Waals surface area contributed by atoms with Gasteiger partial charge in [-0.2, -0.15) is 0 Å². The third-order valence-corrected chi connectivity index (χ3v) is 4.44. The van der Waals surface area contributed by atoms with Gasteiger partial charge in [-0.05, 0) is 54.6 Å². The molecule has 0 amide bonds. The maximum absolute atomic E-state index is 11.7. The minimum Gasteiger partial charge on any atom is -0.591 e. The molecular weight excluding hydrogens is 401 g/mol. The predicted octanol–water partition coefficient (Wildman–Crippen LogP) is 3.75. The van der Waals surface area contributed by atoms with Crippen LogP contribution in [0.5, 0.6) is 0 Å². The summed E-state index contributed by atoms with van der Waals surface area (Å²) in [7, 11) is 0. The van der Waals surface area contributed by atoms with Gasteiger partial charge in [0.05, 0.1) is 6.21 Å². The molecule has 0 aliphatic rings. The van der Waals surface area contributed by atoms with E-state index in [2.05, 4.69) is 49.8 Å². The van der Waals surface area contributed by atoms with Gasteiger partial charge in [0.25, 0.3) is 0 Å². The lowest BCUT2D eigenvalue weighted by Crippen LogP contribution is -2.26. The van der Waals surface area contributed by atoms with Gasteiger partial charge in [-0.15, -0.1) is 0 Å². The van der Waals surface area contributed by atoms with Gasteiger partial charge >= 0.3 is 0 Å².